The highest BCUT2D eigenvalue weighted by Gasteiger charge is 2.34. The number of imidazole rings is 1. The molecule has 4 N–H and O–H groups in total. The fourth-order valence-corrected chi connectivity index (χ4v) is 3.90. The molecule has 41 heavy (non-hydrogen) atoms. The Morgan fingerprint density at radius 1 is 0.854 bits per heavy atom. The van der Waals surface area contributed by atoms with Crippen LogP contribution in [-0.4, -0.2) is 63.2 Å². The first-order valence-electron chi connectivity index (χ1n) is 13.9. The van der Waals surface area contributed by atoms with Gasteiger partial charge in [-0.05, 0) is 53.0 Å². The second kappa shape index (κ2) is 14.7. The zero-order chi connectivity index (χ0) is 30.8. The van der Waals surface area contributed by atoms with E-state index in [1.807, 2.05) is 44.2 Å². The lowest BCUT2D eigenvalue weighted by molar-refractivity contribution is -0.160. The van der Waals surface area contributed by atoms with Crippen LogP contribution < -0.4 is 16.0 Å². The number of H-pyrrole nitrogens is 1. The maximum Gasteiger partial charge on any atom is 0.408 e. The number of aromatic amines is 1. The molecule has 2 aromatic rings. The first-order valence-corrected chi connectivity index (χ1v) is 13.9. The number of esters is 1. The average Bonchev–Trinajstić information content (AvgIpc) is 3.37. The van der Waals surface area contributed by atoms with Gasteiger partial charge in [0.05, 0.1) is 6.33 Å². The van der Waals surface area contributed by atoms with Crippen LogP contribution in [0, 0.1) is 5.92 Å². The molecule has 0 fully saturated rings. The molecule has 11 heteroatoms. The van der Waals surface area contributed by atoms with Gasteiger partial charge in [-0.25, -0.2) is 14.6 Å². The fraction of sp³-hybridized carbons (Fsp3) is 0.567. The van der Waals surface area contributed by atoms with E-state index >= 15 is 0 Å². The maximum absolute atomic E-state index is 13.6. The van der Waals surface area contributed by atoms with E-state index in [2.05, 4.69) is 25.9 Å². The third-order valence-electron chi connectivity index (χ3n) is 6.07. The summed E-state index contributed by atoms with van der Waals surface area (Å²) in [7, 11) is 0. The molecule has 2 rings (SSSR count). The van der Waals surface area contributed by atoms with Crippen molar-refractivity contribution in [1.29, 1.82) is 0 Å². The Hall–Kier alpha value is -3.89. The summed E-state index contributed by atoms with van der Waals surface area (Å²) in [6.07, 6.45) is 3.11. The first kappa shape index (κ1) is 33.3. The highest BCUT2D eigenvalue weighted by molar-refractivity contribution is 5.93. The molecule has 0 radical (unpaired) electrons. The Labute approximate surface area is 242 Å². The predicted molar refractivity (Wildman–Crippen MR) is 155 cm³/mol. The van der Waals surface area contributed by atoms with Crippen LogP contribution in [0.3, 0.4) is 0 Å². The number of benzene rings is 1. The second-order valence-electron chi connectivity index (χ2n) is 12.1. The van der Waals surface area contributed by atoms with Crippen molar-refractivity contribution in [3.8, 4) is 0 Å². The smallest absolute Gasteiger partial charge is 0.408 e. The number of nitrogens with one attached hydrogen (secondary N) is 4. The van der Waals surface area contributed by atoms with Crippen LogP contribution in [0.1, 0.15) is 73.1 Å². The molecule has 0 aliphatic heterocycles. The highest BCUT2D eigenvalue weighted by Crippen LogP contribution is 2.16. The maximum atomic E-state index is 13.6. The van der Waals surface area contributed by atoms with Crippen molar-refractivity contribution >= 4 is 23.9 Å². The summed E-state index contributed by atoms with van der Waals surface area (Å²) >= 11 is 0. The van der Waals surface area contributed by atoms with Gasteiger partial charge in [0.1, 0.15) is 29.3 Å². The van der Waals surface area contributed by atoms with E-state index in [9.17, 15) is 19.2 Å². The lowest BCUT2D eigenvalue weighted by Crippen LogP contribution is -2.58. The number of aromatic nitrogens is 2. The molecule has 0 bridgehead atoms. The minimum absolute atomic E-state index is 0.0730. The molecule has 0 saturated carbocycles. The number of rotatable bonds is 12. The molecular formula is C30H45N5O6. The second-order valence-corrected chi connectivity index (χ2v) is 12.1. The molecule has 0 spiro atoms. The number of hydrogen-bond acceptors (Lipinski definition) is 7. The van der Waals surface area contributed by atoms with Gasteiger partial charge in [0.25, 0.3) is 0 Å². The molecule has 0 saturated heterocycles. The standard InChI is InChI=1S/C30H45N5O6/c1-9-19(2)24(27(38)40-29(3,4)5)35-26(37)23(16-21-17-31-18-32-21)33-25(36)22(15-20-13-11-10-12-14-20)34-28(39)41-30(6,7)8/h10-14,17-19,22-24H,9,15-16H2,1-8H3,(H,31,32)(H,33,36)(H,34,39)(H,35,37)/t19-,22-,23-,24-/m0/s1. The summed E-state index contributed by atoms with van der Waals surface area (Å²) < 4.78 is 10.9. The van der Waals surface area contributed by atoms with Crippen LogP contribution in [0.15, 0.2) is 42.9 Å². The molecule has 0 aliphatic carbocycles. The van der Waals surface area contributed by atoms with E-state index in [1.165, 1.54) is 6.33 Å². The van der Waals surface area contributed by atoms with Crippen molar-refractivity contribution in [3.05, 3.63) is 54.1 Å². The number of ether oxygens (including phenoxy) is 2. The van der Waals surface area contributed by atoms with Gasteiger partial charge in [0.2, 0.25) is 11.8 Å². The van der Waals surface area contributed by atoms with Gasteiger partial charge in [0.15, 0.2) is 0 Å². The molecule has 1 heterocycles. The normalized spacial score (nSPS) is 14.6. The topological polar surface area (TPSA) is 152 Å². The number of nitrogens with zero attached hydrogens (tertiary/aromatic N) is 1. The van der Waals surface area contributed by atoms with Crippen LogP contribution in [0.5, 0.6) is 0 Å². The highest BCUT2D eigenvalue weighted by atomic mass is 16.6. The van der Waals surface area contributed by atoms with Gasteiger partial charge in [-0.2, -0.15) is 0 Å². The van der Waals surface area contributed by atoms with Gasteiger partial charge in [0, 0.05) is 24.7 Å². The summed E-state index contributed by atoms with van der Waals surface area (Å²) in [5.41, 5.74) is -0.106. The van der Waals surface area contributed by atoms with E-state index in [-0.39, 0.29) is 18.8 Å². The summed E-state index contributed by atoms with van der Waals surface area (Å²) in [6.45, 7) is 14.2. The van der Waals surface area contributed by atoms with Crippen LogP contribution in [0.4, 0.5) is 4.79 Å². The molecule has 3 amide bonds. The lowest BCUT2D eigenvalue weighted by Gasteiger charge is -2.29. The van der Waals surface area contributed by atoms with Crippen molar-refractivity contribution in [2.24, 2.45) is 5.92 Å². The minimum Gasteiger partial charge on any atom is -0.458 e. The summed E-state index contributed by atoms with van der Waals surface area (Å²) in [5, 5.41) is 8.20. The van der Waals surface area contributed by atoms with Crippen molar-refractivity contribution in [2.75, 3.05) is 0 Å². The van der Waals surface area contributed by atoms with E-state index in [1.54, 1.807) is 47.7 Å². The Morgan fingerprint density at radius 3 is 1.98 bits per heavy atom. The lowest BCUT2D eigenvalue weighted by atomic mass is 9.98. The zero-order valence-corrected chi connectivity index (χ0v) is 25.4. The van der Waals surface area contributed by atoms with Crippen LogP contribution in [0.2, 0.25) is 0 Å². The Morgan fingerprint density at radius 2 is 1.44 bits per heavy atom. The van der Waals surface area contributed by atoms with Gasteiger partial charge in [-0.1, -0.05) is 50.6 Å². The number of carbonyl (C=O) groups is 4. The van der Waals surface area contributed by atoms with Crippen molar-refractivity contribution < 1.29 is 28.7 Å². The Kier molecular flexibility index (Phi) is 11.9. The van der Waals surface area contributed by atoms with Crippen molar-refractivity contribution in [3.63, 3.8) is 0 Å². The molecule has 0 aliphatic rings. The number of hydrogen-bond donors (Lipinski definition) is 4. The van der Waals surface area contributed by atoms with Gasteiger partial charge >= 0.3 is 12.1 Å². The predicted octanol–water partition coefficient (Wildman–Crippen LogP) is 3.45. The van der Waals surface area contributed by atoms with E-state index in [0.717, 1.165) is 5.56 Å². The summed E-state index contributed by atoms with van der Waals surface area (Å²) in [4.78, 5) is 59.8. The molecule has 1 aromatic carbocycles. The largest absolute Gasteiger partial charge is 0.458 e. The van der Waals surface area contributed by atoms with Gasteiger partial charge in [-0.15, -0.1) is 0 Å². The Balaban J connectivity index is 2.32. The summed E-state index contributed by atoms with van der Waals surface area (Å²) in [6, 6.07) is 6.13. The van der Waals surface area contributed by atoms with Crippen molar-refractivity contribution in [2.45, 2.75) is 104 Å². The number of amides is 3. The van der Waals surface area contributed by atoms with E-state index in [4.69, 9.17) is 9.47 Å². The van der Waals surface area contributed by atoms with Gasteiger partial charge in [-0.3, -0.25) is 9.59 Å². The van der Waals surface area contributed by atoms with Crippen molar-refractivity contribution in [1.82, 2.24) is 25.9 Å². The number of alkyl carbamates (subject to hydrolysis) is 1. The quantitative estimate of drug-likeness (QED) is 0.285. The Bertz CT molecular complexity index is 1140. The number of carbonyl (C=O) groups excluding carboxylic acids is 4. The molecule has 0 unspecified atom stereocenters. The average molecular weight is 572 g/mol. The van der Waals surface area contributed by atoms with Crippen LogP contribution in [-0.2, 0) is 36.7 Å². The van der Waals surface area contributed by atoms with Crippen LogP contribution in [0.25, 0.3) is 0 Å². The SMILES string of the molecule is CC[C@H](C)[C@H](NC(=O)[C@H](Cc1cnc[nH]1)NC(=O)[C@H](Cc1ccccc1)NC(=O)OC(C)(C)C)C(=O)OC(C)(C)C. The molecule has 11 nitrogen and oxygen atoms in total. The van der Waals surface area contributed by atoms with E-state index < -0.39 is 53.2 Å². The molecular weight excluding hydrogens is 526 g/mol. The van der Waals surface area contributed by atoms with E-state index in [0.29, 0.717) is 12.1 Å². The molecule has 1 aromatic heterocycles. The fourth-order valence-electron chi connectivity index (χ4n) is 3.90. The first-order chi connectivity index (χ1) is 19.1. The van der Waals surface area contributed by atoms with Crippen LogP contribution >= 0.6 is 0 Å². The molecule has 4 atom stereocenters. The van der Waals surface area contributed by atoms with Gasteiger partial charge < -0.3 is 30.4 Å². The minimum atomic E-state index is -1.09. The molecule has 226 valence electrons. The summed E-state index contributed by atoms with van der Waals surface area (Å²) in [5.74, 6) is -1.94. The monoisotopic (exact) mass is 571 g/mol. The zero-order valence-electron chi connectivity index (χ0n) is 25.4. The third-order valence-corrected chi connectivity index (χ3v) is 6.07. The third kappa shape index (κ3) is 12.0.